The molecule has 2 aliphatic carbocycles. The Morgan fingerprint density at radius 3 is 2.17 bits per heavy atom. The minimum absolute atomic E-state index is 0. The van der Waals surface area contributed by atoms with Gasteiger partial charge in [-0.2, -0.15) is 0 Å². The summed E-state index contributed by atoms with van der Waals surface area (Å²) >= 11 is -2.39. The summed E-state index contributed by atoms with van der Waals surface area (Å²) in [5, 5.41) is 0. The molecule has 186 valence electrons. The van der Waals surface area contributed by atoms with Crippen LogP contribution >= 0.6 is 0 Å². The van der Waals surface area contributed by atoms with Gasteiger partial charge in [0.25, 0.3) is 0 Å². The summed E-state index contributed by atoms with van der Waals surface area (Å²) in [5.74, 6) is 0.582. The van der Waals surface area contributed by atoms with E-state index in [1.165, 1.54) is 28.7 Å². The third-order valence-electron chi connectivity index (χ3n) is 7.53. The second-order valence-electron chi connectivity index (χ2n) is 10.7. The molecule has 0 aliphatic heterocycles. The van der Waals surface area contributed by atoms with Crippen molar-refractivity contribution in [3.8, 4) is 11.1 Å². The number of benzene rings is 3. The Kier molecular flexibility index (Phi) is 9.59. The van der Waals surface area contributed by atoms with E-state index in [2.05, 4.69) is 117 Å². The Morgan fingerprint density at radius 1 is 0.833 bits per heavy atom. The average Bonchev–Trinajstić information content (AvgIpc) is 3.41. The molecule has 3 aromatic carbocycles. The van der Waals surface area contributed by atoms with Gasteiger partial charge in [0.2, 0.25) is 0 Å². The van der Waals surface area contributed by atoms with E-state index in [0.29, 0.717) is 5.92 Å². The molecule has 1 unspecified atom stereocenters. The second kappa shape index (κ2) is 11.9. The quantitative estimate of drug-likeness (QED) is 0.332. The number of hydrogen-bond donors (Lipinski definition) is 0. The van der Waals surface area contributed by atoms with Crippen LogP contribution < -0.4 is 28.1 Å². The van der Waals surface area contributed by atoms with Crippen molar-refractivity contribution in [2.45, 2.75) is 53.9 Å². The van der Waals surface area contributed by atoms with E-state index in [1.54, 1.807) is 20.0 Å². The first-order chi connectivity index (χ1) is 16.4. The number of hydrogen-bond acceptors (Lipinski definition) is 0. The molecule has 0 saturated heterocycles. The van der Waals surface area contributed by atoms with Crippen molar-refractivity contribution in [2.75, 3.05) is 0 Å². The van der Waals surface area contributed by atoms with Crippen LogP contribution in [0.15, 0.2) is 93.3 Å². The van der Waals surface area contributed by atoms with Gasteiger partial charge in [0.05, 0.1) is 0 Å². The molecule has 36 heavy (non-hydrogen) atoms. The predicted molar refractivity (Wildman–Crippen MR) is 145 cm³/mol. The van der Waals surface area contributed by atoms with E-state index in [-0.39, 0.29) is 30.2 Å². The van der Waals surface area contributed by atoms with E-state index >= 15 is 0 Å². The summed E-state index contributed by atoms with van der Waals surface area (Å²) in [6.45, 7) is 11.9. The van der Waals surface area contributed by atoms with Gasteiger partial charge in [-0.1, -0.05) is 0 Å². The van der Waals surface area contributed by atoms with E-state index < -0.39 is 21.3 Å². The van der Waals surface area contributed by atoms with Crippen LogP contribution in [0, 0.1) is 11.3 Å². The molecule has 0 bridgehead atoms. The molecular weight excluding hydrogens is 558 g/mol. The molecule has 3 heteroatoms. The van der Waals surface area contributed by atoms with Crippen molar-refractivity contribution >= 4 is 6.98 Å². The zero-order chi connectivity index (χ0) is 23.9. The monoisotopic (exact) mass is 592 g/mol. The van der Waals surface area contributed by atoms with Crippen LogP contribution in [0.25, 0.3) is 11.1 Å². The SMILES string of the molecule is CCC1=[C](/[Zr+2](=[CH]/c2ccccc2)[c]2cccc3c2Cc2ccccc2-3)C(CC)C=C1C(C)(C)C.[Cl-].[Cl-]. The van der Waals surface area contributed by atoms with E-state index in [9.17, 15) is 0 Å². The predicted octanol–water partition coefficient (Wildman–Crippen LogP) is 2.04. The van der Waals surface area contributed by atoms with E-state index in [0.717, 1.165) is 12.8 Å². The van der Waals surface area contributed by atoms with Gasteiger partial charge in [0, 0.05) is 0 Å². The number of fused-ring (bicyclic) bond motifs is 3. The molecule has 3 aromatic rings. The van der Waals surface area contributed by atoms with Gasteiger partial charge in [-0.05, 0) is 0 Å². The van der Waals surface area contributed by atoms with Crippen LogP contribution in [-0.4, -0.2) is 3.71 Å². The molecule has 5 rings (SSSR count). The van der Waals surface area contributed by atoms with E-state index in [4.69, 9.17) is 0 Å². The van der Waals surface area contributed by atoms with Gasteiger partial charge in [-0.25, -0.2) is 0 Å². The molecule has 0 N–H and O–H groups in total. The third-order valence-corrected chi connectivity index (χ3v) is 14.7. The zero-order valence-electron chi connectivity index (χ0n) is 22.0. The minimum Gasteiger partial charge on any atom is -1.00 e. The van der Waals surface area contributed by atoms with Crippen molar-refractivity contribution in [3.05, 3.63) is 110 Å². The van der Waals surface area contributed by atoms with E-state index in [1.807, 2.05) is 3.28 Å². The Bertz CT molecular complexity index is 1320. The third kappa shape index (κ3) is 5.36. The number of rotatable bonds is 5. The molecule has 0 spiro atoms. The Labute approximate surface area is 237 Å². The average molecular weight is 595 g/mol. The van der Waals surface area contributed by atoms with Crippen molar-refractivity contribution in [2.24, 2.45) is 11.3 Å². The van der Waals surface area contributed by atoms with Gasteiger partial charge in [-0.15, -0.1) is 0 Å². The maximum Gasteiger partial charge on any atom is -1.00 e. The molecule has 2 aliphatic rings. The summed E-state index contributed by atoms with van der Waals surface area (Å²) in [5.41, 5.74) is 10.9. The molecular formula is C33H36Cl2Zr. The molecule has 0 fully saturated rings. The van der Waals surface area contributed by atoms with Crippen molar-refractivity contribution < 1.29 is 46.1 Å². The van der Waals surface area contributed by atoms with Gasteiger partial charge >= 0.3 is 215 Å². The van der Waals surface area contributed by atoms with Crippen molar-refractivity contribution in [1.29, 1.82) is 0 Å². The first kappa shape index (κ1) is 29.0. The molecule has 0 amide bonds. The molecule has 0 nitrogen and oxygen atoms in total. The second-order valence-corrected chi connectivity index (χ2v) is 16.1. The van der Waals surface area contributed by atoms with Crippen molar-refractivity contribution in [1.82, 2.24) is 0 Å². The Balaban J connectivity index is 0.00000180. The van der Waals surface area contributed by atoms with Crippen molar-refractivity contribution in [3.63, 3.8) is 0 Å². The maximum absolute atomic E-state index is 2.73. The van der Waals surface area contributed by atoms with Crippen LogP contribution in [-0.2, 0) is 27.7 Å². The fourth-order valence-corrected chi connectivity index (χ4v) is 14.0. The smallest absolute Gasteiger partial charge is 1.00 e. The van der Waals surface area contributed by atoms with Crippen LogP contribution in [0.2, 0.25) is 0 Å². The fraction of sp³-hybridized carbons (Fsp3) is 0.303. The Hall–Kier alpha value is -1.53. The largest absolute Gasteiger partial charge is 1.00 e. The van der Waals surface area contributed by atoms with Crippen LogP contribution in [0.3, 0.4) is 0 Å². The summed E-state index contributed by atoms with van der Waals surface area (Å²) in [4.78, 5) is 0. The number of allylic oxidation sites excluding steroid dienone is 4. The summed E-state index contributed by atoms with van der Waals surface area (Å²) < 4.78 is 6.24. The van der Waals surface area contributed by atoms with Gasteiger partial charge in [0.15, 0.2) is 0 Å². The summed E-state index contributed by atoms with van der Waals surface area (Å²) in [6.07, 6.45) is 6.06. The molecule has 0 saturated carbocycles. The van der Waals surface area contributed by atoms with Crippen LogP contribution in [0.4, 0.5) is 0 Å². The van der Waals surface area contributed by atoms with Gasteiger partial charge < -0.3 is 24.8 Å². The Morgan fingerprint density at radius 2 is 1.50 bits per heavy atom. The standard InChI is InChI=1S/C13H9.C13H21.C7H6.2ClH.Zr/c1-3-7-12-10(5-1)9-11-6-2-4-8-13(11)12;1-6-10-8-11(7-2)12(9-10)13(3,4)5;1-7-5-3-2-4-6-7;;;/h1-5,7-8H,9H2;9-10H,6-7H2,1-5H3;1-6H;2*1H;/q;;;;;+2/p-2. The topological polar surface area (TPSA) is 0 Å². The first-order valence-electron chi connectivity index (χ1n) is 12.9. The summed E-state index contributed by atoms with van der Waals surface area (Å²) in [6, 6.07) is 27.3. The zero-order valence-corrected chi connectivity index (χ0v) is 26.0. The summed E-state index contributed by atoms with van der Waals surface area (Å²) in [7, 11) is 0. The normalized spacial score (nSPS) is 16.1. The molecule has 1 atom stereocenters. The first-order valence-corrected chi connectivity index (χ1v) is 16.7. The van der Waals surface area contributed by atoms with Crippen LogP contribution in [0.5, 0.6) is 0 Å². The van der Waals surface area contributed by atoms with Crippen LogP contribution in [0.1, 0.15) is 64.2 Å². The molecule has 0 radical (unpaired) electrons. The fourth-order valence-electron chi connectivity index (χ4n) is 5.95. The minimum atomic E-state index is -2.39. The van der Waals surface area contributed by atoms with Gasteiger partial charge in [0.1, 0.15) is 0 Å². The van der Waals surface area contributed by atoms with Gasteiger partial charge in [-0.3, -0.25) is 0 Å². The number of halogens is 2. The maximum atomic E-state index is 2.73. The molecule has 0 aromatic heterocycles. The molecule has 0 heterocycles.